The van der Waals surface area contributed by atoms with Gasteiger partial charge in [-0.15, -0.1) is 0 Å². The summed E-state index contributed by atoms with van der Waals surface area (Å²) in [6, 6.07) is 10.7. The Hall–Kier alpha value is -2.67. The highest BCUT2D eigenvalue weighted by Gasteiger charge is 2.43. The molecule has 2 aromatic rings. The fraction of sp³-hybridized carbons (Fsp3) is 0.421. The van der Waals surface area contributed by atoms with Gasteiger partial charge in [-0.2, -0.15) is 0 Å². The second-order valence-electron chi connectivity index (χ2n) is 6.67. The van der Waals surface area contributed by atoms with Gasteiger partial charge < -0.3 is 19.1 Å². The summed E-state index contributed by atoms with van der Waals surface area (Å²) in [6.07, 6.45) is 0.700. The van der Waals surface area contributed by atoms with Gasteiger partial charge in [0.05, 0.1) is 12.6 Å². The van der Waals surface area contributed by atoms with Crippen LogP contribution >= 0.6 is 0 Å². The Bertz CT molecular complexity index is 745. The first-order valence-electron chi connectivity index (χ1n) is 8.61. The van der Waals surface area contributed by atoms with Gasteiger partial charge in [-0.25, -0.2) is 0 Å². The van der Waals surface area contributed by atoms with Crippen LogP contribution in [-0.2, 0) is 20.9 Å². The van der Waals surface area contributed by atoms with Gasteiger partial charge in [0.25, 0.3) is 5.91 Å². The van der Waals surface area contributed by atoms with Crippen molar-refractivity contribution in [3.05, 3.63) is 53.9 Å². The Morgan fingerprint density at radius 1 is 1.31 bits per heavy atom. The summed E-state index contributed by atoms with van der Waals surface area (Å²) < 4.78 is 10.5. The molecule has 0 radical (unpaired) electrons. The number of morpholine rings is 1. The fourth-order valence-electron chi connectivity index (χ4n) is 3.29. The molecule has 2 heterocycles. The number of hydrogen-bond donors (Lipinski definition) is 0. The van der Waals surface area contributed by atoms with E-state index in [1.54, 1.807) is 22.9 Å². The third kappa shape index (κ3) is 3.62. The van der Waals surface area contributed by atoms with Gasteiger partial charge in [0, 0.05) is 19.2 Å². The molecule has 2 atom stereocenters. The maximum atomic E-state index is 13.1. The highest BCUT2D eigenvalue weighted by atomic mass is 16.5. The van der Waals surface area contributed by atoms with Crippen molar-refractivity contribution in [3.8, 4) is 0 Å². The van der Waals surface area contributed by atoms with Crippen molar-refractivity contribution in [2.75, 3.05) is 13.7 Å². The van der Waals surface area contributed by atoms with Crippen molar-refractivity contribution < 1.29 is 18.8 Å². The highest BCUT2D eigenvalue weighted by Crippen LogP contribution is 2.33. The first-order valence-corrected chi connectivity index (χ1v) is 8.61. The quantitative estimate of drug-likeness (QED) is 0.818. The van der Waals surface area contributed by atoms with Crippen LogP contribution in [0.1, 0.15) is 31.1 Å². The zero-order valence-electron chi connectivity index (χ0n) is 15.2. The van der Waals surface area contributed by atoms with Crippen LogP contribution in [0.3, 0.4) is 0 Å². The summed E-state index contributed by atoms with van der Waals surface area (Å²) in [6.45, 7) is 4.10. The van der Waals surface area contributed by atoms with Crippen LogP contribution in [0.15, 0.2) is 47.2 Å². The lowest BCUT2D eigenvalue weighted by Crippen LogP contribution is -2.56. The number of carbonyl (C=O) groups excluding carboxylic acids is 2. The normalized spacial score (nSPS) is 20.5. The number of likely N-dealkylation sites (N-methyl/N-ethyl adjacent to an activating group) is 1. The van der Waals surface area contributed by atoms with Crippen LogP contribution < -0.4 is 0 Å². The Morgan fingerprint density at radius 2 is 2.04 bits per heavy atom. The molecular weight excluding hydrogens is 334 g/mol. The maximum absolute atomic E-state index is 13.1. The molecule has 3 rings (SSSR count). The van der Waals surface area contributed by atoms with E-state index in [4.69, 9.17) is 9.26 Å². The van der Waals surface area contributed by atoms with Crippen LogP contribution in [0.25, 0.3) is 0 Å². The van der Waals surface area contributed by atoms with E-state index in [1.165, 1.54) is 6.26 Å². The molecule has 138 valence electrons. The van der Waals surface area contributed by atoms with Crippen molar-refractivity contribution >= 4 is 11.8 Å². The minimum Gasteiger partial charge on any atom is -0.364 e. The second-order valence-corrected chi connectivity index (χ2v) is 6.67. The molecule has 0 N–H and O–H groups in total. The van der Waals surface area contributed by atoms with Gasteiger partial charge >= 0.3 is 0 Å². The number of aromatic nitrogens is 1. The van der Waals surface area contributed by atoms with Gasteiger partial charge in [0.2, 0.25) is 5.91 Å². The molecule has 7 nitrogen and oxygen atoms in total. The Morgan fingerprint density at radius 3 is 2.65 bits per heavy atom. The molecule has 2 unspecified atom stereocenters. The lowest BCUT2D eigenvalue weighted by atomic mass is 9.95. The predicted molar refractivity (Wildman–Crippen MR) is 93.9 cm³/mol. The lowest BCUT2D eigenvalue weighted by Gasteiger charge is -2.43. The molecule has 1 saturated heterocycles. The average Bonchev–Trinajstić information content (AvgIpc) is 3.14. The third-order valence-corrected chi connectivity index (χ3v) is 4.47. The Balaban J connectivity index is 1.89. The molecule has 0 aliphatic carbocycles. The summed E-state index contributed by atoms with van der Waals surface area (Å²) in [5, 5.41) is 3.84. The topological polar surface area (TPSA) is 75.9 Å². The highest BCUT2D eigenvalue weighted by molar-refractivity contribution is 5.86. The average molecular weight is 357 g/mol. The van der Waals surface area contributed by atoms with Crippen molar-refractivity contribution in [1.82, 2.24) is 15.0 Å². The molecule has 0 spiro atoms. The molecular formula is C19H23N3O4. The SMILES string of the molecule is CC(C)N1C(=O)COC(C(=O)N(C)Cc2ccon2)C1c1ccccc1. The van der Waals surface area contributed by atoms with Crippen molar-refractivity contribution in [2.24, 2.45) is 0 Å². The minimum atomic E-state index is -0.769. The van der Waals surface area contributed by atoms with E-state index >= 15 is 0 Å². The zero-order valence-corrected chi connectivity index (χ0v) is 15.2. The number of hydrogen-bond acceptors (Lipinski definition) is 5. The summed E-state index contributed by atoms with van der Waals surface area (Å²) >= 11 is 0. The van der Waals surface area contributed by atoms with E-state index in [9.17, 15) is 9.59 Å². The second kappa shape index (κ2) is 7.70. The van der Waals surface area contributed by atoms with Gasteiger partial charge in [-0.1, -0.05) is 35.5 Å². The molecule has 26 heavy (non-hydrogen) atoms. The number of rotatable bonds is 5. The predicted octanol–water partition coefficient (Wildman–Crippen LogP) is 2.01. The molecule has 1 aromatic carbocycles. The molecule has 0 bridgehead atoms. The van der Waals surface area contributed by atoms with Crippen LogP contribution in [-0.4, -0.2) is 52.6 Å². The molecule has 2 amide bonds. The summed E-state index contributed by atoms with van der Waals surface area (Å²) in [5.41, 5.74) is 1.53. The van der Waals surface area contributed by atoms with Gasteiger partial charge in [0.1, 0.15) is 18.6 Å². The van der Waals surface area contributed by atoms with Gasteiger partial charge in [0.15, 0.2) is 6.10 Å². The molecule has 0 saturated carbocycles. The van der Waals surface area contributed by atoms with Crippen molar-refractivity contribution in [1.29, 1.82) is 0 Å². The van der Waals surface area contributed by atoms with E-state index in [-0.39, 0.29) is 24.5 Å². The lowest BCUT2D eigenvalue weighted by molar-refractivity contribution is -0.171. The monoisotopic (exact) mass is 357 g/mol. The largest absolute Gasteiger partial charge is 0.364 e. The Kier molecular flexibility index (Phi) is 5.37. The number of nitrogens with zero attached hydrogens (tertiary/aromatic N) is 3. The minimum absolute atomic E-state index is 0.0484. The number of amides is 2. The van der Waals surface area contributed by atoms with E-state index in [0.717, 1.165) is 5.56 Å². The molecule has 1 fully saturated rings. The number of ether oxygens (including phenoxy) is 1. The summed E-state index contributed by atoms with van der Waals surface area (Å²) in [4.78, 5) is 28.8. The number of benzene rings is 1. The standard InChI is InChI=1S/C19H23N3O4/c1-13(2)22-16(23)12-25-18(17(22)14-7-5-4-6-8-14)19(24)21(3)11-15-9-10-26-20-15/h4-10,13,17-18H,11-12H2,1-3H3. The maximum Gasteiger partial charge on any atom is 0.254 e. The van der Waals surface area contributed by atoms with Crippen molar-refractivity contribution in [2.45, 2.75) is 38.6 Å². The van der Waals surface area contributed by atoms with Gasteiger partial charge in [-0.05, 0) is 19.4 Å². The van der Waals surface area contributed by atoms with Crippen LogP contribution in [0.2, 0.25) is 0 Å². The third-order valence-electron chi connectivity index (χ3n) is 4.47. The van der Waals surface area contributed by atoms with Gasteiger partial charge in [-0.3, -0.25) is 9.59 Å². The van der Waals surface area contributed by atoms with E-state index in [2.05, 4.69) is 5.16 Å². The van der Waals surface area contributed by atoms with Crippen LogP contribution in [0.5, 0.6) is 0 Å². The first kappa shape index (κ1) is 18.1. The molecule has 1 aliphatic heterocycles. The number of carbonyl (C=O) groups is 2. The molecule has 1 aromatic heterocycles. The van der Waals surface area contributed by atoms with E-state index in [0.29, 0.717) is 12.2 Å². The van der Waals surface area contributed by atoms with E-state index < -0.39 is 12.1 Å². The first-order chi connectivity index (χ1) is 12.5. The fourth-order valence-corrected chi connectivity index (χ4v) is 3.29. The molecule has 7 heteroatoms. The smallest absolute Gasteiger partial charge is 0.254 e. The van der Waals surface area contributed by atoms with Crippen LogP contribution in [0.4, 0.5) is 0 Å². The van der Waals surface area contributed by atoms with Crippen molar-refractivity contribution in [3.63, 3.8) is 0 Å². The Labute approximate surface area is 152 Å². The van der Waals surface area contributed by atoms with Crippen LogP contribution in [0, 0.1) is 0 Å². The van der Waals surface area contributed by atoms with E-state index in [1.807, 2.05) is 44.2 Å². The summed E-state index contributed by atoms with van der Waals surface area (Å²) in [7, 11) is 1.69. The molecule has 1 aliphatic rings. The summed E-state index contributed by atoms with van der Waals surface area (Å²) in [5.74, 6) is -0.308. The zero-order chi connectivity index (χ0) is 18.7.